The third-order valence-electron chi connectivity index (χ3n) is 6.22. The van der Waals surface area contributed by atoms with Crippen molar-refractivity contribution in [2.75, 3.05) is 17.2 Å². The number of hydrogen-bond acceptors (Lipinski definition) is 4. The van der Waals surface area contributed by atoms with Gasteiger partial charge >= 0.3 is 0 Å². The molecule has 0 atom stereocenters. The molecule has 0 heterocycles. The number of carbonyl (C=O) groups is 3. The summed E-state index contributed by atoms with van der Waals surface area (Å²) in [5, 5.41) is 11.9. The molecule has 4 N–H and O–H groups in total. The molecule has 0 unspecified atom stereocenters. The summed E-state index contributed by atoms with van der Waals surface area (Å²) in [6.07, 6.45) is 5.56. The van der Waals surface area contributed by atoms with Gasteiger partial charge in [-0.2, -0.15) is 0 Å². The third-order valence-corrected chi connectivity index (χ3v) is 6.22. The molecule has 1 fully saturated rings. The fourth-order valence-electron chi connectivity index (χ4n) is 4.29. The van der Waals surface area contributed by atoms with Crippen molar-refractivity contribution < 1.29 is 14.4 Å². The van der Waals surface area contributed by atoms with Gasteiger partial charge in [0, 0.05) is 35.1 Å². The molecule has 0 bridgehead atoms. The highest BCUT2D eigenvalue weighted by molar-refractivity contribution is 5.98. The summed E-state index contributed by atoms with van der Waals surface area (Å²) >= 11 is 0. The largest absolute Gasteiger partial charge is 0.376 e. The molecular formula is C29H32N4O3. The van der Waals surface area contributed by atoms with Crippen molar-refractivity contribution in [3.63, 3.8) is 0 Å². The van der Waals surface area contributed by atoms with Crippen molar-refractivity contribution in [1.82, 2.24) is 10.6 Å². The molecule has 1 aliphatic carbocycles. The number of carbonyl (C=O) groups excluding carboxylic acids is 3. The summed E-state index contributed by atoms with van der Waals surface area (Å²) in [5.41, 5.74) is 3.28. The predicted octanol–water partition coefficient (Wildman–Crippen LogP) is 4.73. The van der Waals surface area contributed by atoms with Crippen molar-refractivity contribution >= 4 is 29.1 Å². The second-order valence-electron chi connectivity index (χ2n) is 9.04. The summed E-state index contributed by atoms with van der Waals surface area (Å²) in [7, 11) is 0. The zero-order valence-electron chi connectivity index (χ0n) is 20.3. The molecule has 1 aliphatic rings. The van der Waals surface area contributed by atoms with Gasteiger partial charge < -0.3 is 21.3 Å². The first-order valence-corrected chi connectivity index (χ1v) is 12.4. The Kier molecular flexibility index (Phi) is 8.70. The predicted molar refractivity (Wildman–Crippen MR) is 142 cm³/mol. The minimum absolute atomic E-state index is 0.0214. The highest BCUT2D eigenvalue weighted by Crippen LogP contribution is 2.18. The third kappa shape index (κ3) is 7.43. The van der Waals surface area contributed by atoms with E-state index in [-0.39, 0.29) is 30.3 Å². The maximum atomic E-state index is 12.6. The van der Waals surface area contributed by atoms with Gasteiger partial charge in [-0.25, -0.2) is 0 Å². The minimum Gasteiger partial charge on any atom is -0.376 e. The van der Waals surface area contributed by atoms with Crippen LogP contribution in [0.4, 0.5) is 11.4 Å². The quantitative estimate of drug-likeness (QED) is 0.353. The Bertz CT molecular complexity index is 1190. The number of amides is 3. The van der Waals surface area contributed by atoms with Gasteiger partial charge in [0.1, 0.15) is 0 Å². The molecular weight excluding hydrogens is 452 g/mol. The standard InChI is InChI=1S/C29H32N4O3/c34-27(32-26-16-8-12-23(18-26)29(36)33-24-13-5-2-6-14-24)20-30-25-15-7-11-22(17-25)28(35)31-19-21-9-3-1-4-10-21/h1,3-4,7-12,15-18,24,30H,2,5-6,13-14,19-20H2,(H,31,35)(H,32,34)(H,33,36). The molecule has 0 radical (unpaired) electrons. The van der Waals surface area contributed by atoms with E-state index in [9.17, 15) is 14.4 Å². The molecule has 0 saturated heterocycles. The van der Waals surface area contributed by atoms with E-state index in [2.05, 4.69) is 21.3 Å². The average molecular weight is 485 g/mol. The van der Waals surface area contributed by atoms with Crippen LogP contribution in [0.25, 0.3) is 0 Å². The van der Waals surface area contributed by atoms with Gasteiger partial charge in [0.25, 0.3) is 11.8 Å². The van der Waals surface area contributed by atoms with Crippen LogP contribution in [0.1, 0.15) is 58.4 Å². The van der Waals surface area contributed by atoms with E-state index >= 15 is 0 Å². The van der Waals surface area contributed by atoms with Gasteiger partial charge in [-0.1, -0.05) is 61.7 Å². The van der Waals surface area contributed by atoms with Crippen molar-refractivity contribution in [3.05, 3.63) is 95.6 Å². The lowest BCUT2D eigenvalue weighted by molar-refractivity contribution is -0.114. The van der Waals surface area contributed by atoms with Crippen LogP contribution >= 0.6 is 0 Å². The van der Waals surface area contributed by atoms with E-state index in [0.717, 1.165) is 31.2 Å². The summed E-state index contributed by atoms with van der Waals surface area (Å²) in [5.74, 6) is -0.549. The van der Waals surface area contributed by atoms with Crippen LogP contribution < -0.4 is 21.3 Å². The van der Waals surface area contributed by atoms with E-state index < -0.39 is 0 Å². The van der Waals surface area contributed by atoms with E-state index in [4.69, 9.17) is 0 Å². The molecule has 0 aromatic heterocycles. The van der Waals surface area contributed by atoms with E-state index in [0.29, 0.717) is 29.0 Å². The van der Waals surface area contributed by atoms with Crippen LogP contribution in [0.2, 0.25) is 0 Å². The number of nitrogens with one attached hydrogen (secondary N) is 4. The lowest BCUT2D eigenvalue weighted by Gasteiger charge is -2.22. The average Bonchev–Trinajstić information content (AvgIpc) is 2.92. The monoisotopic (exact) mass is 484 g/mol. The first-order chi connectivity index (χ1) is 17.6. The normalized spacial score (nSPS) is 13.4. The summed E-state index contributed by atoms with van der Waals surface area (Å²) < 4.78 is 0. The number of hydrogen-bond donors (Lipinski definition) is 4. The van der Waals surface area contributed by atoms with Crippen molar-refractivity contribution in [1.29, 1.82) is 0 Å². The smallest absolute Gasteiger partial charge is 0.251 e. The summed E-state index contributed by atoms with van der Waals surface area (Å²) in [6, 6.07) is 23.9. The van der Waals surface area contributed by atoms with Gasteiger partial charge in [-0.15, -0.1) is 0 Å². The second kappa shape index (κ2) is 12.5. The fraction of sp³-hybridized carbons (Fsp3) is 0.276. The van der Waals surface area contributed by atoms with Crippen LogP contribution in [0.5, 0.6) is 0 Å². The second-order valence-corrected chi connectivity index (χ2v) is 9.04. The van der Waals surface area contributed by atoms with Gasteiger partial charge in [0.15, 0.2) is 0 Å². The van der Waals surface area contributed by atoms with E-state index in [1.807, 2.05) is 30.3 Å². The van der Waals surface area contributed by atoms with Gasteiger partial charge in [0.2, 0.25) is 5.91 Å². The van der Waals surface area contributed by atoms with Crippen LogP contribution in [0.3, 0.4) is 0 Å². The Morgan fingerprint density at radius 3 is 2.14 bits per heavy atom. The van der Waals surface area contributed by atoms with Crippen molar-refractivity contribution in [3.8, 4) is 0 Å². The summed E-state index contributed by atoms with van der Waals surface area (Å²) in [4.78, 5) is 37.6. The Morgan fingerprint density at radius 1 is 0.722 bits per heavy atom. The Labute approximate surface area is 211 Å². The molecule has 3 amide bonds. The van der Waals surface area contributed by atoms with Crippen LogP contribution in [0.15, 0.2) is 78.9 Å². The van der Waals surface area contributed by atoms with E-state index in [1.165, 1.54) is 6.42 Å². The Hall–Kier alpha value is -4.13. The SMILES string of the molecule is O=C(CNc1cccc(C(=O)NCc2ccccc2)c1)Nc1cccc(C(=O)NC2CCCCC2)c1. The van der Waals surface area contributed by atoms with Crippen LogP contribution in [-0.2, 0) is 11.3 Å². The molecule has 0 spiro atoms. The zero-order valence-corrected chi connectivity index (χ0v) is 20.3. The van der Waals surface area contributed by atoms with Crippen molar-refractivity contribution in [2.45, 2.75) is 44.7 Å². The zero-order chi connectivity index (χ0) is 25.2. The molecule has 186 valence electrons. The van der Waals surface area contributed by atoms with Crippen molar-refractivity contribution in [2.24, 2.45) is 0 Å². The molecule has 1 saturated carbocycles. The van der Waals surface area contributed by atoms with Gasteiger partial charge in [0.05, 0.1) is 6.54 Å². The molecule has 4 rings (SSSR count). The minimum atomic E-state index is -0.251. The first-order valence-electron chi connectivity index (χ1n) is 12.4. The Balaban J connectivity index is 1.26. The lowest BCUT2D eigenvalue weighted by atomic mass is 9.95. The summed E-state index contributed by atoms with van der Waals surface area (Å²) in [6.45, 7) is 0.463. The van der Waals surface area contributed by atoms with Gasteiger partial charge in [-0.05, 0) is 54.8 Å². The maximum absolute atomic E-state index is 12.6. The highest BCUT2D eigenvalue weighted by atomic mass is 16.2. The number of rotatable bonds is 9. The molecule has 7 nitrogen and oxygen atoms in total. The highest BCUT2D eigenvalue weighted by Gasteiger charge is 2.17. The van der Waals surface area contributed by atoms with Crippen LogP contribution in [-0.4, -0.2) is 30.3 Å². The van der Waals surface area contributed by atoms with Gasteiger partial charge in [-0.3, -0.25) is 14.4 Å². The molecule has 0 aliphatic heterocycles. The topological polar surface area (TPSA) is 99.3 Å². The van der Waals surface area contributed by atoms with Crippen LogP contribution in [0, 0.1) is 0 Å². The molecule has 3 aromatic rings. The Morgan fingerprint density at radius 2 is 1.39 bits per heavy atom. The molecule has 36 heavy (non-hydrogen) atoms. The van der Waals surface area contributed by atoms with E-state index in [1.54, 1.807) is 48.5 Å². The number of benzene rings is 3. The lowest BCUT2D eigenvalue weighted by Crippen LogP contribution is -2.36. The molecule has 7 heteroatoms. The number of anilines is 2. The fourth-order valence-corrected chi connectivity index (χ4v) is 4.29. The molecule has 3 aromatic carbocycles. The maximum Gasteiger partial charge on any atom is 0.251 e. The first kappa shape index (κ1) is 25.0.